The van der Waals surface area contributed by atoms with Gasteiger partial charge in [0, 0.05) is 6.92 Å². The summed E-state index contributed by atoms with van der Waals surface area (Å²) in [6.07, 6.45) is 1.62. The van der Waals surface area contributed by atoms with Crippen LogP contribution in [0.4, 0.5) is 0 Å². The fourth-order valence-electron chi connectivity index (χ4n) is 0.312. The van der Waals surface area contributed by atoms with E-state index in [-0.39, 0.29) is 0 Å². The third-order valence-corrected chi connectivity index (χ3v) is 0.561. The molecule has 0 aromatic carbocycles. The van der Waals surface area contributed by atoms with Gasteiger partial charge in [-0.05, 0) is 6.92 Å². The summed E-state index contributed by atoms with van der Waals surface area (Å²) in [7, 11) is 0. The van der Waals surface area contributed by atoms with E-state index in [0.717, 1.165) is 0 Å². The van der Waals surface area contributed by atoms with Gasteiger partial charge >= 0.3 is 0 Å². The average Bonchev–Trinajstić information content (AvgIpc) is 1.68. The zero-order chi connectivity index (χ0) is 6.41. The standard InChI is InChI=1S/C5H8N2O/c1-3-8-5(2)7-4-6/h3H2,1-2H3/b7-5-. The van der Waals surface area contributed by atoms with Crippen molar-refractivity contribution in [1.82, 2.24) is 0 Å². The maximum absolute atomic E-state index is 7.95. The maximum atomic E-state index is 7.95. The molecule has 0 spiro atoms. The van der Waals surface area contributed by atoms with Crippen LogP contribution in [0.25, 0.3) is 0 Å². The minimum atomic E-state index is 0.426. The van der Waals surface area contributed by atoms with Crippen LogP contribution >= 0.6 is 0 Å². The molecule has 0 aromatic heterocycles. The summed E-state index contributed by atoms with van der Waals surface area (Å²) in [6, 6.07) is 0. The average molecular weight is 112 g/mol. The van der Waals surface area contributed by atoms with Crippen LogP contribution in [-0.4, -0.2) is 12.5 Å². The molecule has 0 unspecified atom stereocenters. The van der Waals surface area contributed by atoms with Gasteiger partial charge in [-0.3, -0.25) is 0 Å². The highest BCUT2D eigenvalue weighted by molar-refractivity contribution is 5.73. The van der Waals surface area contributed by atoms with Gasteiger partial charge in [-0.1, -0.05) is 0 Å². The second kappa shape index (κ2) is 4.13. The Bertz CT molecular complexity index is 123. The summed E-state index contributed by atoms with van der Waals surface area (Å²) < 4.78 is 4.81. The Balaban J connectivity index is 3.49. The molecule has 0 radical (unpaired) electrons. The smallest absolute Gasteiger partial charge is 0.208 e. The Morgan fingerprint density at radius 3 is 2.88 bits per heavy atom. The third kappa shape index (κ3) is 3.16. The minimum absolute atomic E-state index is 0.426. The van der Waals surface area contributed by atoms with Crippen LogP contribution in [0.1, 0.15) is 13.8 Å². The zero-order valence-electron chi connectivity index (χ0n) is 5.01. The summed E-state index contributed by atoms with van der Waals surface area (Å²) in [4.78, 5) is 3.31. The Labute approximate surface area is 48.6 Å². The molecule has 0 heterocycles. The molecule has 3 nitrogen and oxygen atoms in total. The summed E-state index contributed by atoms with van der Waals surface area (Å²) in [5.74, 6) is 0.426. The monoisotopic (exact) mass is 112 g/mol. The summed E-state index contributed by atoms with van der Waals surface area (Å²) in [5.41, 5.74) is 0. The van der Waals surface area contributed by atoms with E-state index >= 15 is 0 Å². The normalized spacial score (nSPS) is 10.4. The Hall–Kier alpha value is -1.04. The van der Waals surface area contributed by atoms with Gasteiger partial charge < -0.3 is 4.74 Å². The minimum Gasteiger partial charge on any atom is -0.481 e. The van der Waals surface area contributed by atoms with Gasteiger partial charge in [-0.2, -0.15) is 5.26 Å². The number of nitriles is 1. The number of aliphatic imine (C=N–C) groups is 1. The van der Waals surface area contributed by atoms with Crippen molar-refractivity contribution in [3.63, 3.8) is 0 Å². The number of ether oxygens (including phenoxy) is 1. The number of hydrogen-bond donors (Lipinski definition) is 0. The molecule has 0 aliphatic rings. The fourth-order valence-corrected chi connectivity index (χ4v) is 0.312. The van der Waals surface area contributed by atoms with Crippen molar-refractivity contribution in [3.05, 3.63) is 0 Å². The molecule has 0 fully saturated rings. The van der Waals surface area contributed by atoms with Gasteiger partial charge in [-0.25, -0.2) is 0 Å². The molecular weight excluding hydrogens is 104 g/mol. The van der Waals surface area contributed by atoms with E-state index in [1.807, 2.05) is 6.92 Å². The SMILES string of the molecule is CCO/C(C)=N\C#N. The van der Waals surface area contributed by atoms with Crippen LogP contribution < -0.4 is 0 Å². The lowest BCUT2D eigenvalue weighted by atomic mass is 10.7. The van der Waals surface area contributed by atoms with Crippen LogP contribution in [0.5, 0.6) is 0 Å². The molecule has 0 amide bonds. The highest BCUT2D eigenvalue weighted by Gasteiger charge is 1.83. The van der Waals surface area contributed by atoms with Crippen molar-refractivity contribution in [2.24, 2.45) is 4.99 Å². The van der Waals surface area contributed by atoms with E-state index in [0.29, 0.717) is 12.5 Å². The number of hydrogen-bond acceptors (Lipinski definition) is 3. The lowest BCUT2D eigenvalue weighted by molar-refractivity contribution is 0.325. The summed E-state index contributed by atoms with van der Waals surface area (Å²) in [6.45, 7) is 4.06. The van der Waals surface area contributed by atoms with E-state index in [1.54, 1.807) is 13.1 Å². The van der Waals surface area contributed by atoms with E-state index < -0.39 is 0 Å². The number of nitrogens with zero attached hydrogens (tertiary/aromatic N) is 2. The van der Waals surface area contributed by atoms with Crippen molar-refractivity contribution in [2.75, 3.05) is 6.61 Å². The van der Waals surface area contributed by atoms with Crippen LogP contribution in [-0.2, 0) is 4.74 Å². The molecule has 0 aromatic rings. The molecule has 8 heavy (non-hydrogen) atoms. The van der Waals surface area contributed by atoms with Gasteiger partial charge in [0.2, 0.25) is 6.19 Å². The van der Waals surface area contributed by atoms with Gasteiger partial charge in [0.15, 0.2) is 5.90 Å². The van der Waals surface area contributed by atoms with Gasteiger partial charge in [0.25, 0.3) is 0 Å². The van der Waals surface area contributed by atoms with Crippen molar-refractivity contribution < 1.29 is 4.74 Å². The van der Waals surface area contributed by atoms with Crippen LogP contribution in [0.3, 0.4) is 0 Å². The molecule has 0 aliphatic carbocycles. The largest absolute Gasteiger partial charge is 0.481 e. The molecule has 0 N–H and O–H groups in total. The highest BCUT2D eigenvalue weighted by Crippen LogP contribution is 1.77. The van der Waals surface area contributed by atoms with Crippen molar-refractivity contribution in [1.29, 1.82) is 5.26 Å². The molecule has 0 atom stereocenters. The van der Waals surface area contributed by atoms with Gasteiger partial charge in [-0.15, -0.1) is 4.99 Å². The van der Waals surface area contributed by atoms with Crippen LogP contribution in [0, 0.1) is 11.5 Å². The molecule has 0 saturated heterocycles. The molecule has 0 saturated carbocycles. The Kier molecular flexibility index (Phi) is 3.59. The lowest BCUT2D eigenvalue weighted by Crippen LogP contribution is -1.96. The highest BCUT2D eigenvalue weighted by atomic mass is 16.5. The first-order chi connectivity index (χ1) is 3.81. The van der Waals surface area contributed by atoms with Crippen molar-refractivity contribution in [2.45, 2.75) is 13.8 Å². The van der Waals surface area contributed by atoms with Gasteiger partial charge in [0.05, 0.1) is 6.61 Å². The van der Waals surface area contributed by atoms with Crippen molar-refractivity contribution >= 4 is 5.90 Å². The van der Waals surface area contributed by atoms with Crippen molar-refractivity contribution in [3.8, 4) is 6.19 Å². The van der Waals surface area contributed by atoms with E-state index in [4.69, 9.17) is 10.00 Å². The Morgan fingerprint density at radius 2 is 2.50 bits per heavy atom. The first kappa shape index (κ1) is 6.96. The third-order valence-electron chi connectivity index (χ3n) is 0.561. The number of rotatable bonds is 1. The predicted molar refractivity (Wildman–Crippen MR) is 30.3 cm³/mol. The fraction of sp³-hybridized carbons (Fsp3) is 0.600. The van der Waals surface area contributed by atoms with E-state index in [9.17, 15) is 0 Å². The summed E-state index contributed by atoms with van der Waals surface area (Å²) >= 11 is 0. The second-order valence-corrected chi connectivity index (χ2v) is 1.16. The quantitative estimate of drug-likeness (QED) is 0.287. The van der Waals surface area contributed by atoms with Crippen LogP contribution in [0.2, 0.25) is 0 Å². The predicted octanol–water partition coefficient (Wildman–Crippen LogP) is 0.922. The topological polar surface area (TPSA) is 45.4 Å². The molecule has 0 rings (SSSR count). The first-order valence-corrected chi connectivity index (χ1v) is 2.37. The molecule has 3 heteroatoms. The van der Waals surface area contributed by atoms with Crippen LogP contribution in [0.15, 0.2) is 4.99 Å². The summed E-state index contributed by atoms with van der Waals surface area (Å²) in [5, 5.41) is 7.95. The lowest BCUT2D eigenvalue weighted by Gasteiger charge is -1.94. The molecule has 0 aliphatic heterocycles. The zero-order valence-corrected chi connectivity index (χ0v) is 5.01. The maximum Gasteiger partial charge on any atom is 0.208 e. The molecule has 44 valence electrons. The molecule has 0 bridgehead atoms. The Morgan fingerprint density at radius 1 is 1.88 bits per heavy atom. The van der Waals surface area contributed by atoms with Gasteiger partial charge in [0.1, 0.15) is 0 Å². The second-order valence-electron chi connectivity index (χ2n) is 1.16. The van der Waals surface area contributed by atoms with E-state index in [2.05, 4.69) is 4.99 Å². The molecular formula is C5H8N2O. The first-order valence-electron chi connectivity index (χ1n) is 2.37. The van der Waals surface area contributed by atoms with E-state index in [1.165, 1.54) is 0 Å².